The Labute approximate surface area is 120 Å². The summed E-state index contributed by atoms with van der Waals surface area (Å²) in [7, 11) is 0. The van der Waals surface area contributed by atoms with E-state index >= 15 is 0 Å². The van der Waals surface area contributed by atoms with E-state index in [4.69, 9.17) is 0 Å². The van der Waals surface area contributed by atoms with Crippen molar-refractivity contribution < 1.29 is 4.92 Å². The number of nitro groups is 1. The molecule has 0 unspecified atom stereocenters. The molecule has 20 heavy (non-hydrogen) atoms. The Kier molecular flexibility index (Phi) is 5.31. The Morgan fingerprint density at radius 2 is 1.90 bits per heavy atom. The lowest BCUT2D eigenvalue weighted by Crippen LogP contribution is -2.06. The van der Waals surface area contributed by atoms with Crippen LogP contribution in [0.1, 0.15) is 6.42 Å². The third kappa shape index (κ3) is 4.51. The van der Waals surface area contributed by atoms with Crippen molar-refractivity contribution in [1.82, 2.24) is 9.97 Å². The summed E-state index contributed by atoms with van der Waals surface area (Å²) in [5.74, 6) is 1.41. The monoisotopic (exact) mass is 290 g/mol. The first-order valence-electron chi connectivity index (χ1n) is 6.14. The Morgan fingerprint density at radius 1 is 1.20 bits per heavy atom. The van der Waals surface area contributed by atoms with Crippen LogP contribution in [0.3, 0.4) is 0 Å². The SMILES string of the molecule is O=[N+]([O-])c1cnc(NCCCSc2ccccc2)nc1. The van der Waals surface area contributed by atoms with Gasteiger partial charge < -0.3 is 5.32 Å². The van der Waals surface area contributed by atoms with Gasteiger partial charge in [0.05, 0.1) is 4.92 Å². The van der Waals surface area contributed by atoms with Crippen molar-refractivity contribution in [3.8, 4) is 0 Å². The van der Waals surface area contributed by atoms with Gasteiger partial charge in [0.2, 0.25) is 5.95 Å². The average molecular weight is 290 g/mol. The summed E-state index contributed by atoms with van der Waals surface area (Å²) >= 11 is 1.79. The van der Waals surface area contributed by atoms with Gasteiger partial charge in [-0.3, -0.25) is 10.1 Å². The van der Waals surface area contributed by atoms with Gasteiger partial charge in [-0.1, -0.05) is 18.2 Å². The Morgan fingerprint density at radius 3 is 2.55 bits per heavy atom. The molecule has 1 heterocycles. The van der Waals surface area contributed by atoms with Gasteiger partial charge in [0, 0.05) is 11.4 Å². The molecule has 0 spiro atoms. The van der Waals surface area contributed by atoms with Gasteiger partial charge in [-0.2, -0.15) is 0 Å². The summed E-state index contributed by atoms with van der Waals surface area (Å²) in [6.07, 6.45) is 3.36. The second-order valence-electron chi connectivity index (χ2n) is 3.96. The maximum absolute atomic E-state index is 10.4. The Balaban J connectivity index is 1.67. The second-order valence-corrected chi connectivity index (χ2v) is 5.13. The van der Waals surface area contributed by atoms with Crippen molar-refractivity contribution in [2.75, 3.05) is 17.6 Å². The number of anilines is 1. The minimum absolute atomic E-state index is 0.102. The summed E-state index contributed by atoms with van der Waals surface area (Å²) in [4.78, 5) is 19.0. The molecule has 6 nitrogen and oxygen atoms in total. The fourth-order valence-electron chi connectivity index (χ4n) is 1.49. The van der Waals surface area contributed by atoms with Gasteiger partial charge in [0.15, 0.2) is 0 Å². The molecule has 1 N–H and O–H groups in total. The predicted molar refractivity (Wildman–Crippen MR) is 79.0 cm³/mol. The molecule has 0 aliphatic rings. The van der Waals surface area contributed by atoms with E-state index in [0.717, 1.165) is 18.7 Å². The summed E-state index contributed by atoms with van der Waals surface area (Å²) < 4.78 is 0. The number of nitrogens with one attached hydrogen (secondary N) is 1. The van der Waals surface area contributed by atoms with E-state index in [0.29, 0.717) is 5.95 Å². The largest absolute Gasteiger partial charge is 0.354 e. The minimum Gasteiger partial charge on any atom is -0.354 e. The highest BCUT2D eigenvalue weighted by atomic mass is 32.2. The first kappa shape index (κ1) is 14.3. The number of nitrogens with zero attached hydrogens (tertiary/aromatic N) is 3. The molecule has 7 heteroatoms. The number of thioether (sulfide) groups is 1. The van der Waals surface area contributed by atoms with E-state index in [1.165, 1.54) is 17.3 Å². The number of aromatic nitrogens is 2. The van der Waals surface area contributed by atoms with Crippen LogP contribution in [-0.2, 0) is 0 Å². The van der Waals surface area contributed by atoms with Gasteiger partial charge in [-0.05, 0) is 24.3 Å². The molecule has 104 valence electrons. The topological polar surface area (TPSA) is 81.0 Å². The van der Waals surface area contributed by atoms with E-state index in [9.17, 15) is 10.1 Å². The first-order valence-corrected chi connectivity index (χ1v) is 7.12. The molecule has 0 aliphatic carbocycles. The minimum atomic E-state index is -0.514. The van der Waals surface area contributed by atoms with Crippen molar-refractivity contribution in [3.63, 3.8) is 0 Å². The summed E-state index contributed by atoms with van der Waals surface area (Å²) in [5, 5.41) is 13.5. The lowest BCUT2D eigenvalue weighted by atomic mass is 10.4. The molecule has 0 saturated heterocycles. The Bertz CT molecular complexity index is 548. The number of rotatable bonds is 7. The van der Waals surface area contributed by atoms with Crippen LogP contribution in [0.15, 0.2) is 47.6 Å². The zero-order valence-electron chi connectivity index (χ0n) is 10.7. The van der Waals surface area contributed by atoms with Crippen LogP contribution < -0.4 is 5.32 Å². The number of hydrogen-bond acceptors (Lipinski definition) is 6. The van der Waals surface area contributed by atoms with Gasteiger partial charge in [-0.25, -0.2) is 9.97 Å². The maximum Gasteiger partial charge on any atom is 0.305 e. The normalized spacial score (nSPS) is 10.2. The van der Waals surface area contributed by atoms with Crippen LogP contribution in [0.25, 0.3) is 0 Å². The first-order chi connectivity index (χ1) is 9.75. The van der Waals surface area contributed by atoms with Crippen molar-refractivity contribution in [2.24, 2.45) is 0 Å². The van der Waals surface area contributed by atoms with Crippen molar-refractivity contribution in [2.45, 2.75) is 11.3 Å². The molecule has 0 bridgehead atoms. The molecule has 0 radical (unpaired) electrons. The van der Waals surface area contributed by atoms with Crippen LogP contribution in [-0.4, -0.2) is 27.2 Å². The molecule has 1 aromatic carbocycles. The highest BCUT2D eigenvalue weighted by molar-refractivity contribution is 7.99. The zero-order chi connectivity index (χ0) is 14.2. The van der Waals surface area contributed by atoms with Gasteiger partial charge in [-0.15, -0.1) is 11.8 Å². The number of benzene rings is 1. The van der Waals surface area contributed by atoms with Crippen LogP contribution in [0.2, 0.25) is 0 Å². The molecule has 2 aromatic rings. The fourth-order valence-corrected chi connectivity index (χ4v) is 2.36. The molecular weight excluding hydrogens is 276 g/mol. The number of hydrogen-bond donors (Lipinski definition) is 1. The molecule has 0 amide bonds. The highest BCUT2D eigenvalue weighted by Crippen LogP contribution is 2.17. The second kappa shape index (κ2) is 7.44. The van der Waals surface area contributed by atoms with Gasteiger partial charge in [0.25, 0.3) is 0 Å². The van der Waals surface area contributed by atoms with Crippen LogP contribution >= 0.6 is 11.8 Å². The van der Waals surface area contributed by atoms with Crippen LogP contribution in [0.4, 0.5) is 11.6 Å². The lowest BCUT2D eigenvalue weighted by molar-refractivity contribution is -0.385. The van der Waals surface area contributed by atoms with E-state index in [1.54, 1.807) is 11.8 Å². The summed E-state index contributed by atoms with van der Waals surface area (Å²) in [6.45, 7) is 0.734. The van der Waals surface area contributed by atoms with Crippen molar-refractivity contribution in [3.05, 3.63) is 52.8 Å². The molecular formula is C13H14N4O2S. The van der Waals surface area contributed by atoms with E-state index in [-0.39, 0.29) is 5.69 Å². The van der Waals surface area contributed by atoms with Crippen molar-refractivity contribution in [1.29, 1.82) is 0 Å². The van der Waals surface area contributed by atoms with E-state index in [2.05, 4.69) is 27.4 Å². The molecule has 1 aromatic heterocycles. The third-order valence-corrected chi connectivity index (χ3v) is 3.56. The Hall–Kier alpha value is -2.15. The third-order valence-electron chi connectivity index (χ3n) is 2.47. The zero-order valence-corrected chi connectivity index (χ0v) is 11.5. The quantitative estimate of drug-likeness (QED) is 0.365. The molecule has 0 aliphatic heterocycles. The molecule has 0 fully saturated rings. The fraction of sp³-hybridized carbons (Fsp3) is 0.231. The maximum atomic E-state index is 10.4. The van der Waals surface area contributed by atoms with E-state index < -0.39 is 4.92 Å². The highest BCUT2D eigenvalue weighted by Gasteiger charge is 2.05. The average Bonchev–Trinajstić information content (AvgIpc) is 2.48. The van der Waals surface area contributed by atoms with Gasteiger partial charge >= 0.3 is 5.69 Å². The van der Waals surface area contributed by atoms with E-state index in [1.807, 2.05) is 18.2 Å². The predicted octanol–water partition coefficient (Wildman–Crippen LogP) is 2.98. The summed E-state index contributed by atoms with van der Waals surface area (Å²) in [6, 6.07) is 10.2. The van der Waals surface area contributed by atoms with Crippen LogP contribution in [0.5, 0.6) is 0 Å². The molecule has 0 atom stereocenters. The van der Waals surface area contributed by atoms with Gasteiger partial charge in [0.1, 0.15) is 12.4 Å². The smallest absolute Gasteiger partial charge is 0.305 e. The lowest BCUT2D eigenvalue weighted by Gasteiger charge is -2.04. The van der Waals surface area contributed by atoms with Crippen molar-refractivity contribution >= 4 is 23.4 Å². The molecule has 2 rings (SSSR count). The molecule has 0 saturated carbocycles. The summed E-state index contributed by atoms with van der Waals surface area (Å²) in [5.41, 5.74) is -0.102. The standard InChI is InChI=1S/C13H14N4O2S/c18-17(19)11-9-15-13(16-10-11)14-7-4-8-20-12-5-2-1-3-6-12/h1-3,5-6,9-10H,4,7-8H2,(H,14,15,16). The van der Waals surface area contributed by atoms with Crippen LogP contribution in [0, 0.1) is 10.1 Å².